The van der Waals surface area contributed by atoms with Gasteiger partial charge in [-0.25, -0.2) is 0 Å². The number of benzene rings is 1. The maximum Gasteiger partial charge on any atom is 0.269 e. The molecule has 0 aliphatic rings. The first-order valence-electron chi connectivity index (χ1n) is 5.28. The molecule has 0 heterocycles. The number of non-ortho nitro benzene ring substituents is 1. The number of nitrogens with one attached hydrogen (secondary N) is 1. The van der Waals surface area contributed by atoms with Crippen molar-refractivity contribution in [3.05, 3.63) is 34.4 Å². The first kappa shape index (κ1) is 13.0. The van der Waals surface area contributed by atoms with Crippen molar-refractivity contribution in [2.75, 3.05) is 25.0 Å². The monoisotopic (exact) mass is 237 g/mol. The largest absolute Gasteiger partial charge is 0.362 e. The van der Waals surface area contributed by atoms with Gasteiger partial charge in [-0.3, -0.25) is 14.9 Å². The van der Waals surface area contributed by atoms with E-state index in [1.807, 2.05) is 11.8 Å². The average molecular weight is 237 g/mol. The summed E-state index contributed by atoms with van der Waals surface area (Å²) in [5, 5.41) is 13.0. The molecule has 1 amide bonds. The van der Waals surface area contributed by atoms with Crippen LogP contribution in [0.5, 0.6) is 0 Å². The van der Waals surface area contributed by atoms with Gasteiger partial charge in [-0.05, 0) is 19.1 Å². The van der Waals surface area contributed by atoms with Gasteiger partial charge in [-0.1, -0.05) is 0 Å². The highest BCUT2D eigenvalue weighted by atomic mass is 16.6. The maximum atomic E-state index is 11.3. The van der Waals surface area contributed by atoms with E-state index in [1.54, 1.807) is 19.2 Å². The maximum absolute atomic E-state index is 11.3. The number of nitro benzene ring substituents is 1. The van der Waals surface area contributed by atoms with Crippen LogP contribution in [0.1, 0.15) is 6.92 Å². The van der Waals surface area contributed by atoms with Crippen molar-refractivity contribution >= 4 is 17.3 Å². The van der Waals surface area contributed by atoms with E-state index in [9.17, 15) is 14.9 Å². The minimum absolute atomic E-state index is 0.0461. The fourth-order valence-corrected chi connectivity index (χ4v) is 1.42. The highest BCUT2D eigenvalue weighted by molar-refractivity contribution is 5.81. The number of hydrogen-bond acceptors (Lipinski definition) is 4. The summed E-state index contributed by atoms with van der Waals surface area (Å²) < 4.78 is 0. The Hall–Kier alpha value is -2.11. The zero-order valence-corrected chi connectivity index (χ0v) is 9.84. The van der Waals surface area contributed by atoms with Gasteiger partial charge >= 0.3 is 0 Å². The Labute approximate surface area is 99.4 Å². The lowest BCUT2D eigenvalue weighted by atomic mass is 10.2. The fourth-order valence-electron chi connectivity index (χ4n) is 1.42. The summed E-state index contributed by atoms with van der Waals surface area (Å²) in [6.45, 7) is 2.82. The Morgan fingerprint density at radius 2 is 2.00 bits per heavy atom. The summed E-state index contributed by atoms with van der Waals surface area (Å²) in [5.41, 5.74) is 0.839. The second kappa shape index (κ2) is 5.83. The van der Waals surface area contributed by atoms with E-state index in [2.05, 4.69) is 5.32 Å². The van der Waals surface area contributed by atoms with Crippen molar-refractivity contribution in [1.82, 2.24) is 5.32 Å². The zero-order chi connectivity index (χ0) is 12.8. The van der Waals surface area contributed by atoms with Crippen molar-refractivity contribution in [2.24, 2.45) is 0 Å². The van der Waals surface area contributed by atoms with Crippen molar-refractivity contribution in [2.45, 2.75) is 6.92 Å². The van der Waals surface area contributed by atoms with E-state index < -0.39 is 4.92 Å². The van der Waals surface area contributed by atoms with Gasteiger partial charge in [0.2, 0.25) is 5.91 Å². The summed E-state index contributed by atoms with van der Waals surface area (Å²) in [6, 6.07) is 6.15. The van der Waals surface area contributed by atoms with E-state index in [0.717, 1.165) is 5.69 Å². The Kier molecular flexibility index (Phi) is 4.45. The van der Waals surface area contributed by atoms with Crippen LogP contribution >= 0.6 is 0 Å². The van der Waals surface area contributed by atoms with Crippen LogP contribution in [0.4, 0.5) is 11.4 Å². The molecule has 0 radical (unpaired) electrons. The summed E-state index contributed by atoms with van der Waals surface area (Å²) in [7, 11) is 1.58. The van der Waals surface area contributed by atoms with Crippen LogP contribution in [0.15, 0.2) is 24.3 Å². The quantitative estimate of drug-likeness (QED) is 0.616. The molecule has 1 aromatic rings. The van der Waals surface area contributed by atoms with Crippen LogP contribution in [0.2, 0.25) is 0 Å². The highest BCUT2D eigenvalue weighted by Crippen LogP contribution is 2.18. The fraction of sp³-hybridized carbons (Fsp3) is 0.364. The number of carbonyl (C=O) groups excluding carboxylic acids is 1. The predicted octanol–water partition coefficient (Wildman–Crippen LogP) is 1.17. The summed E-state index contributed by atoms with van der Waals surface area (Å²) in [6.07, 6.45) is 0. The van der Waals surface area contributed by atoms with Crippen molar-refractivity contribution in [3.63, 3.8) is 0 Å². The third kappa shape index (κ3) is 3.44. The van der Waals surface area contributed by atoms with Gasteiger partial charge in [0.1, 0.15) is 0 Å². The van der Waals surface area contributed by atoms with Crippen molar-refractivity contribution in [1.29, 1.82) is 0 Å². The van der Waals surface area contributed by atoms with Crippen molar-refractivity contribution < 1.29 is 9.72 Å². The number of hydrogen-bond donors (Lipinski definition) is 1. The third-order valence-corrected chi connectivity index (χ3v) is 2.42. The number of anilines is 1. The van der Waals surface area contributed by atoms with Gasteiger partial charge in [0.25, 0.3) is 5.69 Å². The number of nitrogens with zero attached hydrogens (tertiary/aromatic N) is 2. The summed E-state index contributed by atoms with van der Waals surface area (Å²) in [5.74, 6) is -0.0924. The van der Waals surface area contributed by atoms with Gasteiger partial charge in [0.15, 0.2) is 0 Å². The number of carbonyl (C=O) groups is 1. The number of amides is 1. The van der Waals surface area contributed by atoms with Crippen molar-refractivity contribution in [3.8, 4) is 0 Å². The molecule has 1 rings (SSSR count). The standard InChI is InChI=1S/C11H15N3O3/c1-3-13(8-11(15)12-2)9-4-6-10(7-5-9)14(16)17/h4-7H,3,8H2,1-2H3,(H,12,15). The molecule has 0 aliphatic carbocycles. The molecule has 6 heteroatoms. The molecule has 0 fully saturated rings. The minimum Gasteiger partial charge on any atom is -0.362 e. The lowest BCUT2D eigenvalue weighted by Gasteiger charge is -2.21. The van der Waals surface area contributed by atoms with Crippen LogP contribution < -0.4 is 10.2 Å². The lowest BCUT2D eigenvalue weighted by molar-refractivity contribution is -0.384. The zero-order valence-electron chi connectivity index (χ0n) is 9.84. The molecule has 0 bridgehead atoms. The number of rotatable bonds is 5. The summed E-state index contributed by atoms with van der Waals surface area (Å²) >= 11 is 0. The Balaban J connectivity index is 2.82. The molecule has 0 spiro atoms. The van der Waals surface area contributed by atoms with Gasteiger partial charge in [-0.15, -0.1) is 0 Å². The smallest absolute Gasteiger partial charge is 0.269 e. The Morgan fingerprint density at radius 1 is 1.41 bits per heavy atom. The van der Waals surface area contributed by atoms with E-state index in [0.29, 0.717) is 6.54 Å². The lowest BCUT2D eigenvalue weighted by Crippen LogP contribution is -2.35. The van der Waals surface area contributed by atoms with Crippen LogP contribution in [0, 0.1) is 10.1 Å². The Bertz CT molecular complexity index is 403. The molecule has 17 heavy (non-hydrogen) atoms. The molecule has 0 saturated carbocycles. The molecule has 0 unspecified atom stereocenters. The van der Waals surface area contributed by atoms with Crippen LogP contribution in [-0.4, -0.2) is 31.0 Å². The highest BCUT2D eigenvalue weighted by Gasteiger charge is 2.10. The van der Waals surface area contributed by atoms with E-state index in [1.165, 1.54) is 12.1 Å². The van der Waals surface area contributed by atoms with Crippen LogP contribution in [0.25, 0.3) is 0 Å². The molecule has 1 N–H and O–H groups in total. The topological polar surface area (TPSA) is 75.5 Å². The molecular weight excluding hydrogens is 222 g/mol. The molecule has 0 atom stereocenters. The SMILES string of the molecule is CCN(CC(=O)NC)c1ccc([N+](=O)[O-])cc1. The normalized spacial score (nSPS) is 9.76. The second-order valence-corrected chi connectivity index (χ2v) is 3.46. The first-order chi connectivity index (χ1) is 8.08. The van der Waals surface area contributed by atoms with E-state index in [4.69, 9.17) is 0 Å². The number of nitro groups is 1. The van der Waals surface area contributed by atoms with E-state index in [-0.39, 0.29) is 18.1 Å². The molecule has 6 nitrogen and oxygen atoms in total. The molecule has 1 aromatic carbocycles. The molecular formula is C11H15N3O3. The average Bonchev–Trinajstić information content (AvgIpc) is 2.35. The van der Waals surface area contributed by atoms with Gasteiger partial charge < -0.3 is 10.2 Å². The van der Waals surface area contributed by atoms with Gasteiger partial charge in [-0.2, -0.15) is 0 Å². The van der Waals surface area contributed by atoms with Crippen LogP contribution in [-0.2, 0) is 4.79 Å². The Morgan fingerprint density at radius 3 is 2.41 bits per heavy atom. The van der Waals surface area contributed by atoms with Gasteiger partial charge in [0.05, 0.1) is 11.5 Å². The van der Waals surface area contributed by atoms with Gasteiger partial charge in [0, 0.05) is 31.4 Å². The predicted molar refractivity (Wildman–Crippen MR) is 65.1 cm³/mol. The number of likely N-dealkylation sites (N-methyl/N-ethyl adjacent to an activating group) is 2. The molecule has 0 saturated heterocycles. The molecule has 92 valence electrons. The molecule has 0 aromatic heterocycles. The third-order valence-electron chi connectivity index (χ3n) is 2.42. The van der Waals surface area contributed by atoms with E-state index >= 15 is 0 Å². The minimum atomic E-state index is -0.446. The van der Waals surface area contributed by atoms with Crippen LogP contribution in [0.3, 0.4) is 0 Å². The second-order valence-electron chi connectivity index (χ2n) is 3.46. The molecule has 0 aliphatic heterocycles. The summed E-state index contributed by atoms with van der Waals surface area (Å²) in [4.78, 5) is 23.2. The first-order valence-corrected chi connectivity index (χ1v) is 5.28.